The maximum atomic E-state index is 13.2. The van der Waals surface area contributed by atoms with Crippen molar-refractivity contribution in [3.63, 3.8) is 0 Å². The van der Waals surface area contributed by atoms with E-state index in [9.17, 15) is 9.18 Å². The molecule has 0 aliphatic rings. The summed E-state index contributed by atoms with van der Waals surface area (Å²) in [4.78, 5) is 11.6. The molecule has 0 radical (unpaired) electrons. The normalized spacial score (nSPS) is 11.9. The summed E-state index contributed by atoms with van der Waals surface area (Å²) in [5, 5.41) is 2.95. The van der Waals surface area contributed by atoms with Crippen molar-refractivity contribution in [3.8, 4) is 0 Å². The Balaban J connectivity index is 3.06. The van der Waals surface area contributed by atoms with E-state index in [-0.39, 0.29) is 5.82 Å². The molecular weight excluding hydrogens is 221 g/mol. The SMILES string of the molecule is C=CCNC(C(=O)OC)c1cc(F)ccc1C. The van der Waals surface area contributed by atoms with E-state index in [1.165, 1.54) is 19.2 Å². The largest absolute Gasteiger partial charge is 0.468 e. The van der Waals surface area contributed by atoms with Crippen LogP contribution in [0.5, 0.6) is 0 Å². The number of methoxy groups -OCH3 is 1. The van der Waals surface area contributed by atoms with E-state index >= 15 is 0 Å². The molecule has 1 unspecified atom stereocenters. The van der Waals surface area contributed by atoms with Crippen LogP contribution in [0.3, 0.4) is 0 Å². The van der Waals surface area contributed by atoms with Crippen LogP contribution in [0.2, 0.25) is 0 Å². The third-order valence-corrected chi connectivity index (χ3v) is 2.46. The molecule has 0 saturated heterocycles. The summed E-state index contributed by atoms with van der Waals surface area (Å²) in [5.74, 6) is -0.819. The van der Waals surface area contributed by atoms with Gasteiger partial charge in [0.2, 0.25) is 0 Å². The Labute approximate surface area is 100 Å². The molecule has 92 valence electrons. The van der Waals surface area contributed by atoms with E-state index in [0.717, 1.165) is 5.56 Å². The van der Waals surface area contributed by atoms with Crippen LogP contribution in [0.15, 0.2) is 30.9 Å². The third-order valence-electron chi connectivity index (χ3n) is 2.46. The van der Waals surface area contributed by atoms with Crippen molar-refractivity contribution in [1.29, 1.82) is 0 Å². The monoisotopic (exact) mass is 237 g/mol. The number of benzene rings is 1. The van der Waals surface area contributed by atoms with E-state index in [1.807, 2.05) is 6.92 Å². The lowest BCUT2D eigenvalue weighted by Crippen LogP contribution is -2.30. The maximum Gasteiger partial charge on any atom is 0.327 e. The average Bonchev–Trinajstić information content (AvgIpc) is 2.33. The van der Waals surface area contributed by atoms with Gasteiger partial charge in [-0.05, 0) is 30.2 Å². The molecule has 0 spiro atoms. The van der Waals surface area contributed by atoms with Crippen molar-refractivity contribution in [1.82, 2.24) is 5.32 Å². The van der Waals surface area contributed by atoms with Crippen LogP contribution in [0.1, 0.15) is 17.2 Å². The Kier molecular flexibility index (Phi) is 4.84. The van der Waals surface area contributed by atoms with Crippen LogP contribution >= 0.6 is 0 Å². The Hall–Kier alpha value is -1.68. The summed E-state index contributed by atoms with van der Waals surface area (Å²) >= 11 is 0. The number of rotatable bonds is 5. The van der Waals surface area contributed by atoms with Gasteiger partial charge < -0.3 is 4.74 Å². The summed E-state index contributed by atoms with van der Waals surface area (Å²) in [7, 11) is 1.31. The molecule has 0 amide bonds. The fourth-order valence-electron chi connectivity index (χ4n) is 1.56. The van der Waals surface area contributed by atoms with Crippen LogP contribution in [-0.2, 0) is 9.53 Å². The minimum atomic E-state index is -0.673. The standard InChI is InChI=1S/C13H16FNO2/c1-4-7-15-12(13(16)17-3)11-8-10(14)6-5-9(11)2/h4-6,8,12,15H,1,7H2,2-3H3. The highest BCUT2D eigenvalue weighted by Gasteiger charge is 2.22. The van der Waals surface area contributed by atoms with Gasteiger partial charge in [-0.1, -0.05) is 12.1 Å². The molecule has 3 nitrogen and oxygen atoms in total. The van der Waals surface area contributed by atoms with Gasteiger partial charge in [-0.3, -0.25) is 5.32 Å². The van der Waals surface area contributed by atoms with E-state index in [2.05, 4.69) is 11.9 Å². The molecule has 1 aromatic carbocycles. The zero-order chi connectivity index (χ0) is 12.8. The lowest BCUT2D eigenvalue weighted by atomic mass is 10.0. The molecule has 1 rings (SSSR count). The average molecular weight is 237 g/mol. The zero-order valence-electron chi connectivity index (χ0n) is 10.00. The van der Waals surface area contributed by atoms with Crippen molar-refractivity contribution in [2.75, 3.05) is 13.7 Å². The topological polar surface area (TPSA) is 38.3 Å². The molecule has 0 saturated carbocycles. The summed E-state index contributed by atoms with van der Waals surface area (Å²) in [5.41, 5.74) is 1.41. The van der Waals surface area contributed by atoms with Crippen LogP contribution in [-0.4, -0.2) is 19.6 Å². The first-order chi connectivity index (χ1) is 8.10. The highest BCUT2D eigenvalue weighted by atomic mass is 19.1. The molecular formula is C13H16FNO2. The van der Waals surface area contributed by atoms with Gasteiger partial charge in [-0.25, -0.2) is 9.18 Å². The summed E-state index contributed by atoms with van der Waals surface area (Å²) < 4.78 is 17.9. The van der Waals surface area contributed by atoms with Crippen LogP contribution in [0.25, 0.3) is 0 Å². The molecule has 0 aliphatic carbocycles. The molecule has 0 aromatic heterocycles. The minimum absolute atomic E-state index is 0.375. The van der Waals surface area contributed by atoms with E-state index in [0.29, 0.717) is 12.1 Å². The molecule has 1 N–H and O–H groups in total. The molecule has 17 heavy (non-hydrogen) atoms. The summed E-state index contributed by atoms with van der Waals surface area (Å²) in [6.45, 7) is 5.82. The number of carbonyl (C=O) groups excluding carboxylic acids is 1. The fraction of sp³-hybridized carbons (Fsp3) is 0.308. The fourth-order valence-corrected chi connectivity index (χ4v) is 1.56. The lowest BCUT2D eigenvalue weighted by Gasteiger charge is -2.18. The van der Waals surface area contributed by atoms with E-state index in [1.54, 1.807) is 12.1 Å². The first kappa shape index (κ1) is 13.4. The first-order valence-corrected chi connectivity index (χ1v) is 5.28. The molecule has 1 aromatic rings. The van der Waals surface area contributed by atoms with Gasteiger partial charge in [0, 0.05) is 6.54 Å². The third kappa shape index (κ3) is 3.39. The second-order valence-electron chi connectivity index (χ2n) is 3.65. The Morgan fingerprint density at radius 2 is 2.35 bits per heavy atom. The van der Waals surface area contributed by atoms with Crippen LogP contribution in [0, 0.1) is 12.7 Å². The number of carbonyl (C=O) groups is 1. The number of esters is 1. The molecule has 1 atom stereocenters. The van der Waals surface area contributed by atoms with Gasteiger partial charge in [0.15, 0.2) is 0 Å². The van der Waals surface area contributed by atoms with Crippen LogP contribution in [0.4, 0.5) is 4.39 Å². The van der Waals surface area contributed by atoms with Crippen molar-refractivity contribution >= 4 is 5.97 Å². The quantitative estimate of drug-likeness (QED) is 0.629. The number of aryl methyl sites for hydroxylation is 1. The Morgan fingerprint density at radius 3 is 2.94 bits per heavy atom. The second kappa shape index (κ2) is 6.15. The zero-order valence-corrected chi connectivity index (χ0v) is 10.00. The van der Waals surface area contributed by atoms with Gasteiger partial charge in [-0.15, -0.1) is 6.58 Å². The number of hydrogen-bond acceptors (Lipinski definition) is 3. The predicted octanol–water partition coefficient (Wildman–Crippen LogP) is 2.12. The number of hydrogen-bond donors (Lipinski definition) is 1. The van der Waals surface area contributed by atoms with Gasteiger partial charge in [0.1, 0.15) is 11.9 Å². The van der Waals surface area contributed by atoms with Gasteiger partial charge in [0.05, 0.1) is 7.11 Å². The van der Waals surface area contributed by atoms with Gasteiger partial charge in [0.25, 0.3) is 0 Å². The van der Waals surface area contributed by atoms with E-state index in [4.69, 9.17) is 4.74 Å². The first-order valence-electron chi connectivity index (χ1n) is 5.28. The minimum Gasteiger partial charge on any atom is -0.468 e. The highest BCUT2D eigenvalue weighted by Crippen LogP contribution is 2.20. The van der Waals surface area contributed by atoms with Crippen molar-refractivity contribution in [2.24, 2.45) is 0 Å². The second-order valence-corrected chi connectivity index (χ2v) is 3.65. The lowest BCUT2D eigenvalue weighted by molar-refractivity contribution is -0.143. The number of halogens is 1. The molecule has 0 heterocycles. The number of nitrogens with one attached hydrogen (secondary N) is 1. The molecule has 0 aliphatic heterocycles. The molecule has 0 bridgehead atoms. The predicted molar refractivity (Wildman–Crippen MR) is 64.1 cm³/mol. The van der Waals surface area contributed by atoms with Crippen LogP contribution < -0.4 is 5.32 Å². The Morgan fingerprint density at radius 1 is 1.65 bits per heavy atom. The van der Waals surface area contributed by atoms with Gasteiger partial charge >= 0.3 is 5.97 Å². The molecule has 4 heteroatoms. The Bertz CT molecular complexity index is 418. The van der Waals surface area contributed by atoms with E-state index < -0.39 is 12.0 Å². The van der Waals surface area contributed by atoms with Crippen molar-refractivity contribution < 1.29 is 13.9 Å². The van der Waals surface area contributed by atoms with Gasteiger partial charge in [-0.2, -0.15) is 0 Å². The highest BCUT2D eigenvalue weighted by molar-refractivity contribution is 5.78. The maximum absolute atomic E-state index is 13.2. The van der Waals surface area contributed by atoms with Crippen molar-refractivity contribution in [3.05, 3.63) is 47.8 Å². The smallest absolute Gasteiger partial charge is 0.327 e. The molecule has 0 fully saturated rings. The van der Waals surface area contributed by atoms with Crippen molar-refractivity contribution in [2.45, 2.75) is 13.0 Å². The summed E-state index contributed by atoms with van der Waals surface area (Å²) in [6.07, 6.45) is 1.63. The summed E-state index contributed by atoms with van der Waals surface area (Å²) in [6, 6.07) is 3.66. The number of ether oxygens (including phenoxy) is 1.